The summed E-state index contributed by atoms with van der Waals surface area (Å²) in [6, 6.07) is 0.454. The average molecular weight is 302 g/mol. The number of amides is 2. The van der Waals surface area contributed by atoms with Gasteiger partial charge in [-0.25, -0.2) is 18.4 Å². The highest BCUT2D eigenvalue weighted by molar-refractivity contribution is 6.00. The van der Waals surface area contributed by atoms with Crippen LogP contribution in [-0.2, 0) is 4.74 Å². The van der Waals surface area contributed by atoms with Crippen molar-refractivity contribution in [2.24, 2.45) is 0 Å². The topological polar surface area (TPSA) is 87.7 Å². The fraction of sp³-hybridized carbons (Fsp3) is 0.385. The first-order valence-corrected chi connectivity index (χ1v) is 6.21. The Kier molecular flexibility index (Phi) is 6.54. The zero-order chi connectivity index (χ0) is 15.8. The van der Waals surface area contributed by atoms with Gasteiger partial charge in [-0.05, 0) is 18.9 Å². The van der Waals surface area contributed by atoms with Gasteiger partial charge in [0.15, 0.2) is 11.6 Å². The average Bonchev–Trinajstić information content (AvgIpc) is 2.42. The lowest BCUT2D eigenvalue weighted by atomic mass is 10.1. The maximum absolute atomic E-state index is 13.1. The van der Waals surface area contributed by atoms with E-state index < -0.39 is 29.2 Å². The van der Waals surface area contributed by atoms with Crippen molar-refractivity contribution in [2.75, 3.05) is 25.6 Å². The number of carboxylic acid groups (broad SMARTS) is 1. The number of benzene rings is 1. The van der Waals surface area contributed by atoms with E-state index in [0.29, 0.717) is 31.7 Å². The lowest BCUT2D eigenvalue weighted by Crippen LogP contribution is -2.30. The minimum Gasteiger partial charge on any atom is -0.478 e. The summed E-state index contributed by atoms with van der Waals surface area (Å²) in [5, 5.41) is 13.5. The maximum Gasteiger partial charge on any atom is 0.337 e. The summed E-state index contributed by atoms with van der Waals surface area (Å²) in [6.07, 6.45) is 1.42. The summed E-state index contributed by atoms with van der Waals surface area (Å²) >= 11 is 0. The molecule has 116 valence electrons. The molecule has 0 saturated heterocycles. The van der Waals surface area contributed by atoms with Crippen molar-refractivity contribution < 1.29 is 28.2 Å². The third kappa shape index (κ3) is 5.35. The Morgan fingerprint density at radius 3 is 2.52 bits per heavy atom. The summed E-state index contributed by atoms with van der Waals surface area (Å²) in [7, 11) is 1.57. The summed E-state index contributed by atoms with van der Waals surface area (Å²) in [6.45, 7) is 0.914. The van der Waals surface area contributed by atoms with Gasteiger partial charge >= 0.3 is 12.0 Å². The molecular formula is C13H16F2N2O4. The number of urea groups is 1. The standard InChI is InChI=1S/C13H16F2N2O4/c1-21-5-3-2-4-16-13(20)17-11-7-10(15)9(14)6-8(11)12(18)19/h6-7H,2-5H2,1H3,(H,18,19)(H2,16,17,20). The number of carboxylic acids is 1. The molecule has 0 aliphatic heterocycles. The number of hydrogen-bond donors (Lipinski definition) is 3. The van der Waals surface area contributed by atoms with Crippen LogP contribution in [0.25, 0.3) is 0 Å². The van der Waals surface area contributed by atoms with Gasteiger partial charge in [-0.3, -0.25) is 0 Å². The molecule has 1 rings (SSSR count). The van der Waals surface area contributed by atoms with Crippen LogP contribution in [0.2, 0.25) is 0 Å². The van der Waals surface area contributed by atoms with E-state index in [1.165, 1.54) is 0 Å². The first-order chi connectivity index (χ1) is 9.95. The largest absolute Gasteiger partial charge is 0.478 e. The number of aromatic carboxylic acids is 1. The smallest absolute Gasteiger partial charge is 0.337 e. The minimum atomic E-state index is -1.47. The molecule has 0 aromatic heterocycles. The van der Waals surface area contributed by atoms with Gasteiger partial charge in [-0.2, -0.15) is 0 Å². The highest BCUT2D eigenvalue weighted by atomic mass is 19.2. The number of unbranched alkanes of at least 4 members (excludes halogenated alkanes) is 1. The lowest BCUT2D eigenvalue weighted by Gasteiger charge is -2.10. The molecule has 0 aliphatic carbocycles. The van der Waals surface area contributed by atoms with Gasteiger partial charge in [0, 0.05) is 26.3 Å². The van der Waals surface area contributed by atoms with Gasteiger partial charge in [0.2, 0.25) is 0 Å². The number of carbonyl (C=O) groups is 2. The van der Waals surface area contributed by atoms with Crippen molar-refractivity contribution in [1.29, 1.82) is 0 Å². The zero-order valence-corrected chi connectivity index (χ0v) is 11.4. The van der Waals surface area contributed by atoms with Crippen molar-refractivity contribution in [3.05, 3.63) is 29.3 Å². The predicted molar refractivity (Wildman–Crippen MR) is 71.4 cm³/mol. The predicted octanol–water partition coefficient (Wildman–Crippen LogP) is 2.21. The van der Waals surface area contributed by atoms with Gasteiger partial charge < -0.3 is 20.5 Å². The molecule has 0 unspecified atom stereocenters. The summed E-state index contributed by atoms with van der Waals surface area (Å²) in [5.41, 5.74) is -0.834. The van der Waals surface area contributed by atoms with Crippen LogP contribution in [0.1, 0.15) is 23.2 Å². The normalized spacial score (nSPS) is 10.2. The third-order valence-electron chi connectivity index (χ3n) is 2.60. The molecule has 1 aromatic rings. The number of halogens is 2. The quantitative estimate of drug-likeness (QED) is 0.674. The van der Waals surface area contributed by atoms with Crippen LogP contribution in [0.5, 0.6) is 0 Å². The van der Waals surface area contributed by atoms with Gasteiger partial charge in [0.05, 0.1) is 11.3 Å². The van der Waals surface area contributed by atoms with Crippen LogP contribution in [0.15, 0.2) is 12.1 Å². The Bertz CT molecular complexity index is 523. The molecule has 8 heteroatoms. The molecule has 0 spiro atoms. The van der Waals surface area contributed by atoms with Crippen LogP contribution in [0, 0.1) is 11.6 Å². The Hall–Kier alpha value is -2.22. The van der Waals surface area contributed by atoms with Crippen molar-refractivity contribution in [2.45, 2.75) is 12.8 Å². The van der Waals surface area contributed by atoms with E-state index in [9.17, 15) is 18.4 Å². The van der Waals surface area contributed by atoms with Crippen LogP contribution in [-0.4, -0.2) is 37.4 Å². The van der Waals surface area contributed by atoms with Crippen molar-refractivity contribution in [3.8, 4) is 0 Å². The molecule has 21 heavy (non-hydrogen) atoms. The molecule has 6 nitrogen and oxygen atoms in total. The SMILES string of the molecule is COCCCCNC(=O)Nc1cc(F)c(F)cc1C(=O)O. The van der Waals surface area contributed by atoms with Gasteiger partial charge in [0.25, 0.3) is 0 Å². The van der Waals surface area contributed by atoms with Crippen molar-refractivity contribution in [3.63, 3.8) is 0 Å². The van der Waals surface area contributed by atoms with E-state index in [-0.39, 0.29) is 5.69 Å². The van der Waals surface area contributed by atoms with Crippen LogP contribution in [0.4, 0.5) is 19.3 Å². The Morgan fingerprint density at radius 1 is 1.24 bits per heavy atom. The third-order valence-corrected chi connectivity index (χ3v) is 2.60. The minimum absolute atomic E-state index is 0.309. The molecule has 0 atom stereocenters. The molecule has 1 aromatic carbocycles. The van der Waals surface area contributed by atoms with Crippen LogP contribution in [0.3, 0.4) is 0 Å². The number of ether oxygens (including phenoxy) is 1. The number of anilines is 1. The number of methoxy groups -OCH3 is 1. The Morgan fingerprint density at radius 2 is 1.90 bits per heavy atom. The second-order valence-electron chi connectivity index (χ2n) is 4.20. The van der Waals surface area contributed by atoms with Gasteiger partial charge in [0.1, 0.15) is 0 Å². The second kappa shape index (κ2) is 8.15. The summed E-state index contributed by atoms with van der Waals surface area (Å²) in [4.78, 5) is 22.5. The van der Waals surface area contributed by atoms with Crippen LogP contribution >= 0.6 is 0 Å². The molecule has 0 radical (unpaired) electrons. The van der Waals surface area contributed by atoms with E-state index >= 15 is 0 Å². The maximum atomic E-state index is 13.1. The highest BCUT2D eigenvalue weighted by Gasteiger charge is 2.16. The molecule has 0 bridgehead atoms. The van der Waals surface area contributed by atoms with Gasteiger partial charge in [-0.1, -0.05) is 0 Å². The fourth-order valence-corrected chi connectivity index (χ4v) is 1.57. The summed E-state index contributed by atoms with van der Waals surface area (Å²) < 4.78 is 31.0. The zero-order valence-electron chi connectivity index (χ0n) is 11.4. The van der Waals surface area contributed by atoms with Crippen molar-refractivity contribution in [1.82, 2.24) is 5.32 Å². The molecule has 0 aliphatic rings. The summed E-state index contributed by atoms with van der Waals surface area (Å²) in [5.74, 6) is -4.00. The monoisotopic (exact) mass is 302 g/mol. The molecule has 0 heterocycles. The molecule has 2 amide bonds. The number of rotatable bonds is 7. The van der Waals surface area contributed by atoms with E-state index in [4.69, 9.17) is 9.84 Å². The number of nitrogens with one attached hydrogen (secondary N) is 2. The number of carbonyl (C=O) groups excluding carboxylic acids is 1. The molecule has 0 fully saturated rings. The Labute approximate surface area is 120 Å². The van der Waals surface area contributed by atoms with Crippen molar-refractivity contribution >= 4 is 17.7 Å². The highest BCUT2D eigenvalue weighted by Crippen LogP contribution is 2.20. The first-order valence-electron chi connectivity index (χ1n) is 6.21. The first kappa shape index (κ1) is 16.8. The van der Waals surface area contributed by atoms with E-state index in [1.54, 1.807) is 7.11 Å². The van der Waals surface area contributed by atoms with E-state index in [2.05, 4.69) is 10.6 Å². The van der Waals surface area contributed by atoms with E-state index in [1.807, 2.05) is 0 Å². The second-order valence-corrected chi connectivity index (χ2v) is 4.20. The number of hydrogen-bond acceptors (Lipinski definition) is 3. The lowest BCUT2D eigenvalue weighted by molar-refractivity contribution is 0.0697. The fourth-order valence-electron chi connectivity index (χ4n) is 1.57. The van der Waals surface area contributed by atoms with Gasteiger partial charge in [-0.15, -0.1) is 0 Å². The van der Waals surface area contributed by atoms with Crippen LogP contribution < -0.4 is 10.6 Å². The Balaban J connectivity index is 2.63. The molecule has 0 saturated carbocycles. The molecular weight excluding hydrogens is 286 g/mol. The van der Waals surface area contributed by atoms with E-state index in [0.717, 1.165) is 6.42 Å². The molecule has 3 N–H and O–H groups in total.